The van der Waals surface area contributed by atoms with E-state index in [0.29, 0.717) is 31.5 Å². The fraction of sp³-hybridized carbons (Fsp3) is 0. The predicted molar refractivity (Wildman–Crippen MR) is 197 cm³/mol. The molecule has 50 heavy (non-hydrogen) atoms. The van der Waals surface area contributed by atoms with Gasteiger partial charge in [0.1, 0.15) is 54.8 Å². The summed E-state index contributed by atoms with van der Waals surface area (Å²) >= 11 is 2.40. The van der Waals surface area contributed by atoms with E-state index in [1.165, 1.54) is 41.7 Å². The number of hydrogen-bond acceptors (Lipinski definition) is 11. The lowest BCUT2D eigenvalue weighted by Crippen LogP contribution is -2.18. The lowest BCUT2D eigenvalue weighted by atomic mass is 10.1. The summed E-state index contributed by atoms with van der Waals surface area (Å²) in [5.41, 5.74) is 2.37. The Morgan fingerprint density at radius 3 is 1.22 bits per heavy atom. The second kappa shape index (κ2) is 14.3. The molecule has 11 heteroatoms. The van der Waals surface area contributed by atoms with Crippen LogP contribution in [0.5, 0.6) is 0 Å². The number of nitriles is 2. The van der Waals surface area contributed by atoms with Gasteiger partial charge in [0.15, 0.2) is 0 Å². The van der Waals surface area contributed by atoms with Crippen LogP contribution in [0.2, 0.25) is 0 Å². The Hall–Kier alpha value is -6.53. The molecule has 0 unspecified atom stereocenters. The summed E-state index contributed by atoms with van der Waals surface area (Å²) < 4.78 is 0. The van der Waals surface area contributed by atoms with Crippen molar-refractivity contribution in [1.82, 2.24) is 4.98 Å². The quantitative estimate of drug-likeness (QED) is 0.0904. The Morgan fingerprint density at radius 1 is 0.500 bits per heavy atom. The van der Waals surface area contributed by atoms with E-state index in [0.717, 1.165) is 11.1 Å². The summed E-state index contributed by atoms with van der Waals surface area (Å²) in [6.45, 7) is 0. The molecule has 0 amide bonds. The molecule has 0 bridgehead atoms. The van der Waals surface area contributed by atoms with Crippen molar-refractivity contribution in [3.8, 4) is 12.1 Å². The zero-order valence-electron chi connectivity index (χ0n) is 26.0. The molecule has 9 nitrogen and oxygen atoms in total. The summed E-state index contributed by atoms with van der Waals surface area (Å²) in [6, 6.07) is 45.9. The minimum Gasteiger partial charge on any atom is -0.286 e. The van der Waals surface area contributed by atoms with E-state index >= 15 is 0 Å². The third-order valence-corrected chi connectivity index (χ3v) is 9.68. The molecule has 5 aromatic rings. The van der Waals surface area contributed by atoms with Gasteiger partial charge < -0.3 is 0 Å². The van der Waals surface area contributed by atoms with E-state index < -0.39 is 11.6 Å². The van der Waals surface area contributed by atoms with Crippen LogP contribution in [0.1, 0.15) is 32.1 Å². The van der Waals surface area contributed by atoms with Gasteiger partial charge in [0, 0.05) is 11.1 Å². The van der Waals surface area contributed by atoms with Gasteiger partial charge in [-0.25, -0.2) is 15.0 Å². The number of carbonyl (C=O) groups is 2. The van der Waals surface area contributed by atoms with Crippen LogP contribution in [0.25, 0.3) is 0 Å². The smallest absolute Gasteiger partial charge is 0.224 e. The topological polar surface area (TPSA) is 126 Å². The molecule has 0 atom stereocenters. The van der Waals surface area contributed by atoms with Crippen LogP contribution in [0.3, 0.4) is 0 Å². The minimum atomic E-state index is -0.683. The van der Waals surface area contributed by atoms with Gasteiger partial charge in [-0.15, -0.1) is 0 Å². The number of hydrazone groups is 2. The molecule has 1 aromatic heterocycles. The number of aromatic nitrogens is 1. The zero-order chi connectivity index (χ0) is 34.5. The highest BCUT2D eigenvalue weighted by Gasteiger charge is 2.33. The van der Waals surface area contributed by atoms with Crippen LogP contribution in [-0.4, -0.2) is 26.6 Å². The Labute approximate surface area is 296 Å². The monoisotopic (exact) mass is 685 g/mol. The molecule has 4 aromatic carbocycles. The largest absolute Gasteiger partial charge is 0.286 e. The number of nitrogens with zero attached hydrogens (tertiary/aromatic N) is 7. The molecule has 0 saturated heterocycles. The van der Waals surface area contributed by atoms with Crippen molar-refractivity contribution in [3.05, 3.63) is 183 Å². The maximum absolute atomic E-state index is 14.0. The molecule has 2 aliphatic rings. The van der Waals surface area contributed by atoms with Crippen molar-refractivity contribution in [2.75, 3.05) is 10.0 Å². The number of benzene rings is 4. The van der Waals surface area contributed by atoms with Crippen molar-refractivity contribution in [2.24, 2.45) is 10.2 Å². The summed E-state index contributed by atoms with van der Waals surface area (Å²) in [6.07, 6.45) is 0. The van der Waals surface area contributed by atoms with Gasteiger partial charge in [0.25, 0.3) is 0 Å². The second-order valence-corrected chi connectivity index (χ2v) is 12.6. The van der Waals surface area contributed by atoms with Crippen LogP contribution in [-0.2, 0) is 0 Å². The van der Waals surface area contributed by atoms with Crippen LogP contribution < -0.4 is 10.0 Å². The van der Waals surface area contributed by atoms with Gasteiger partial charge in [-0.1, -0.05) is 103 Å². The van der Waals surface area contributed by atoms with Gasteiger partial charge in [-0.05, 0) is 59.9 Å². The van der Waals surface area contributed by atoms with E-state index in [1.807, 2.05) is 121 Å². The third kappa shape index (κ3) is 6.34. The number of anilines is 2. The second-order valence-electron chi connectivity index (χ2n) is 10.7. The lowest BCUT2D eigenvalue weighted by molar-refractivity contribution is 0.103. The van der Waals surface area contributed by atoms with E-state index in [-0.39, 0.29) is 22.5 Å². The Kier molecular flexibility index (Phi) is 9.16. The summed E-state index contributed by atoms with van der Waals surface area (Å²) in [5, 5.41) is 35.2. The molecule has 2 aliphatic heterocycles. The Bertz CT molecular complexity index is 2170. The molecule has 7 rings (SSSR count). The number of para-hydroxylation sites is 2. The van der Waals surface area contributed by atoms with Crippen LogP contribution >= 0.6 is 23.5 Å². The Balaban J connectivity index is 1.25. The maximum atomic E-state index is 14.0. The first-order valence-electron chi connectivity index (χ1n) is 15.2. The fourth-order valence-electron chi connectivity index (χ4n) is 5.12. The minimum absolute atomic E-state index is 0.121. The molecule has 3 heterocycles. The molecule has 0 N–H and O–H groups in total. The number of rotatable bonds is 8. The average molecular weight is 686 g/mol. The van der Waals surface area contributed by atoms with Crippen molar-refractivity contribution < 1.29 is 9.59 Å². The molecular formula is C39H23N7O2S2. The number of thioether (sulfide) groups is 2. The summed E-state index contributed by atoms with van der Waals surface area (Å²) in [4.78, 5) is 32.5. The van der Waals surface area contributed by atoms with Gasteiger partial charge in [0.2, 0.25) is 11.6 Å². The first-order valence-corrected chi connectivity index (χ1v) is 16.9. The first kappa shape index (κ1) is 32.0. The van der Waals surface area contributed by atoms with Crippen LogP contribution in [0, 0.1) is 22.7 Å². The maximum Gasteiger partial charge on any atom is 0.224 e. The molecule has 0 fully saturated rings. The van der Waals surface area contributed by atoms with Crippen LogP contribution in [0.4, 0.5) is 11.4 Å². The summed E-state index contributed by atoms with van der Waals surface area (Å²) in [5.74, 6) is -1.37. The zero-order valence-corrected chi connectivity index (χ0v) is 27.7. The van der Waals surface area contributed by atoms with Crippen molar-refractivity contribution in [3.63, 3.8) is 0 Å². The van der Waals surface area contributed by atoms with Gasteiger partial charge in [0.05, 0.1) is 11.4 Å². The van der Waals surface area contributed by atoms with Crippen LogP contribution in [0.15, 0.2) is 171 Å². The van der Waals surface area contributed by atoms with E-state index in [1.54, 1.807) is 10.0 Å². The first-order chi connectivity index (χ1) is 24.6. The van der Waals surface area contributed by atoms with Gasteiger partial charge in [-0.2, -0.15) is 20.7 Å². The molecule has 238 valence electrons. The van der Waals surface area contributed by atoms with Crippen molar-refractivity contribution in [1.29, 1.82) is 10.5 Å². The number of ketones is 2. The molecule has 0 radical (unpaired) electrons. The van der Waals surface area contributed by atoms with E-state index in [4.69, 9.17) is 10.2 Å². The average Bonchev–Trinajstić information content (AvgIpc) is 3.83. The third-order valence-electron chi connectivity index (χ3n) is 7.52. The molecule has 0 saturated carbocycles. The van der Waals surface area contributed by atoms with Crippen molar-refractivity contribution in [2.45, 2.75) is 0 Å². The SMILES string of the molecule is N#C/C(C(=O)c1cccc(C(=O)/C(C#N)=C2/SC(c3ccccc3)=NN2c2ccccc2)n1)=C1\SC(c2ccccc2)=NN1c1ccccc1. The van der Waals surface area contributed by atoms with E-state index in [9.17, 15) is 20.1 Å². The number of carbonyl (C=O) groups excluding carboxylic acids is 2. The lowest BCUT2D eigenvalue weighted by Gasteiger charge is -2.17. The van der Waals surface area contributed by atoms with Gasteiger partial charge in [-0.3, -0.25) is 9.59 Å². The highest BCUT2D eigenvalue weighted by molar-refractivity contribution is 8.18. The van der Waals surface area contributed by atoms with Crippen molar-refractivity contribution >= 4 is 56.6 Å². The highest BCUT2D eigenvalue weighted by Crippen LogP contribution is 2.41. The van der Waals surface area contributed by atoms with E-state index in [2.05, 4.69) is 17.1 Å². The standard InChI is InChI=1S/C39H23N7O2S2/c40-24-30(38-45(28-18-9-3-10-19-28)43-36(49-38)26-14-5-1-6-15-26)34(47)32-22-13-23-33(42-32)35(48)31(25-41)39-46(29-20-11-4-12-21-29)44-37(50-39)27-16-7-2-8-17-27/h1-23H/b38-30+,39-31+. The van der Waals surface area contributed by atoms with Gasteiger partial charge >= 0.3 is 0 Å². The molecule has 0 spiro atoms. The number of allylic oxidation sites excluding steroid dienone is 2. The normalized spacial score (nSPS) is 15.8. The highest BCUT2D eigenvalue weighted by atomic mass is 32.2. The Morgan fingerprint density at radius 2 is 0.860 bits per heavy atom. The molecule has 0 aliphatic carbocycles. The fourth-order valence-corrected chi connectivity index (χ4v) is 7.18. The number of pyridine rings is 1. The summed E-state index contributed by atoms with van der Waals surface area (Å²) in [7, 11) is 0. The molecular weight excluding hydrogens is 663 g/mol. The number of hydrogen-bond donors (Lipinski definition) is 0. The predicted octanol–water partition coefficient (Wildman–Crippen LogP) is 8.15. The number of Topliss-reactive ketones (excluding diaryl/α,β-unsaturated/α-hetero) is 2.